The minimum atomic E-state index is -0.264. The number of hydrogen-bond acceptors (Lipinski definition) is 2. The van der Waals surface area contributed by atoms with Crippen molar-refractivity contribution < 1.29 is 9.84 Å². The lowest BCUT2D eigenvalue weighted by atomic mass is 9.76. The summed E-state index contributed by atoms with van der Waals surface area (Å²) in [7, 11) is 1.67. The second-order valence-corrected chi connectivity index (χ2v) is 5.56. The normalized spacial score (nSPS) is 13.8. The molecule has 1 atom stereocenters. The summed E-state index contributed by atoms with van der Waals surface area (Å²) in [5.41, 5.74) is 3.36. The van der Waals surface area contributed by atoms with Crippen LogP contribution in [0.1, 0.15) is 23.6 Å². The summed E-state index contributed by atoms with van der Waals surface area (Å²) in [5, 5.41) is 9.90. The maximum absolute atomic E-state index is 9.90. The molecule has 0 radical (unpaired) electrons. The predicted molar refractivity (Wildman–Crippen MR) is 82.3 cm³/mol. The molecule has 0 aliphatic heterocycles. The lowest BCUT2D eigenvalue weighted by Crippen LogP contribution is -2.30. The van der Waals surface area contributed by atoms with Gasteiger partial charge in [0.1, 0.15) is 5.75 Å². The Labute approximate surface area is 121 Å². The van der Waals surface area contributed by atoms with Crippen LogP contribution in [0, 0.1) is 6.92 Å². The summed E-state index contributed by atoms with van der Waals surface area (Å²) in [6.07, 6.45) is 0.804. The van der Waals surface area contributed by atoms with Crippen molar-refractivity contribution in [1.29, 1.82) is 0 Å². The van der Waals surface area contributed by atoms with Crippen LogP contribution >= 0.6 is 0 Å². The van der Waals surface area contributed by atoms with Gasteiger partial charge >= 0.3 is 0 Å². The molecule has 20 heavy (non-hydrogen) atoms. The third-order valence-electron chi connectivity index (χ3n) is 3.90. The number of aliphatic hydroxyl groups excluding tert-OH is 1. The molecule has 2 aromatic carbocycles. The van der Waals surface area contributed by atoms with Crippen LogP contribution < -0.4 is 4.74 Å². The Balaban J connectivity index is 2.29. The van der Waals surface area contributed by atoms with Gasteiger partial charge in [-0.15, -0.1) is 0 Å². The topological polar surface area (TPSA) is 29.5 Å². The number of methoxy groups -OCH3 is 1. The van der Waals surface area contributed by atoms with Gasteiger partial charge in [-0.25, -0.2) is 0 Å². The van der Waals surface area contributed by atoms with Crippen molar-refractivity contribution in [1.82, 2.24) is 0 Å². The highest BCUT2D eigenvalue weighted by Crippen LogP contribution is 2.30. The molecule has 0 fully saturated rings. The van der Waals surface area contributed by atoms with E-state index in [1.54, 1.807) is 7.11 Å². The Bertz CT molecular complexity index is 560. The molecule has 0 saturated carbocycles. The van der Waals surface area contributed by atoms with E-state index in [0.29, 0.717) is 0 Å². The van der Waals surface area contributed by atoms with E-state index in [9.17, 15) is 5.11 Å². The largest absolute Gasteiger partial charge is 0.497 e. The first kappa shape index (κ1) is 14.6. The molecule has 0 aromatic heterocycles. The summed E-state index contributed by atoms with van der Waals surface area (Å²) in [6.45, 7) is 4.33. The van der Waals surface area contributed by atoms with Crippen LogP contribution in [0.2, 0.25) is 0 Å². The van der Waals surface area contributed by atoms with E-state index in [-0.39, 0.29) is 12.0 Å². The lowest BCUT2D eigenvalue weighted by molar-refractivity contribution is 0.204. The van der Waals surface area contributed by atoms with Crippen molar-refractivity contribution in [3.63, 3.8) is 0 Å². The highest BCUT2D eigenvalue weighted by molar-refractivity contribution is 5.36. The Morgan fingerprint density at radius 3 is 2.25 bits per heavy atom. The Morgan fingerprint density at radius 2 is 1.70 bits per heavy atom. The summed E-state index contributed by atoms with van der Waals surface area (Å²) in [6, 6.07) is 16.3. The molecular formula is C18H22O2. The van der Waals surface area contributed by atoms with E-state index < -0.39 is 0 Å². The van der Waals surface area contributed by atoms with Gasteiger partial charge < -0.3 is 9.84 Å². The number of benzene rings is 2. The van der Waals surface area contributed by atoms with Gasteiger partial charge in [-0.3, -0.25) is 0 Å². The van der Waals surface area contributed by atoms with Gasteiger partial charge in [0, 0.05) is 5.41 Å². The van der Waals surface area contributed by atoms with Gasteiger partial charge in [-0.1, -0.05) is 43.3 Å². The molecule has 0 heterocycles. The quantitative estimate of drug-likeness (QED) is 0.901. The van der Waals surface area contributed by atoms with Crippen LogP contribution in [0.3, 0.4) is 0 Å². The summed E-state index contributed by atoms with van der Waals surface area (Å²) in [4.78, 5) is 0. The Hall–Kier alpha value is -1.80. The number of aryl methyl sites for hydroxylation is 1. The lowest BCUT2D eigenvalue weighted by Gasteiger charge is -2.30. The van der Waals surface area contributed by atoms with Gasteiger partial charge in [0.05, 0.1) is 13.7 Å². The molecule has 106 valence electrons. The van der Waals surface area contributed by atoms with E-state index in [1.807, 2.05) is 24.3 Å². The fourth-order valence-electron chi connectivity index (χ4n) is 2.68. The Morgan fingerprint density at radius 1 is 1.05 bits per heavy atom. The maximum atomic E-state index is 9.90. The van der Waals surface area contributed by atoms with Gasteiger partial charge in [0.15, 0.2) is 0 Å². The van der Waals surface area contributed by atoms with E-state index >= 15 is 0 Å². The second-order valence-electron chi connectivity index (χ2n) is 5.56. The van der Waals surface area contributed by atoms with Crippen molar-refractivity contribution in [2.24, 2.45) is 0 Å². The van der Waals surface area contributed by atoms with Gasteiger partial charge in [-0.05, 0) is 42.2 Å². The van der Waals surface area contributed by atoms with Crippen molar-refractivity contribution in [3.05, 3.63) is 65.2 Å². The van der Waals surface area contributed by atoms with E-state index in [4.69, 9.17) is 4.74 Å². The second kappa shape index (κ2) is 6.10. The van der Waals surface area contributed by atoms with Crippen molar-refractivity contribution in [2.75, 3.05) is 13.7 Å². The fraction of sp³-hybridized carbons (Fsp3) is 0.333. The summed E-state index contributed by atoms with van der Waals surface area (Å²) < 4.78 is 5.18. The first-order valence-electron chi connectivity index (χ1n) is 6.89. The molecule has 1 unspecified atom stereocenters. The molecule has 0 bridgehead atoms. The predicted octanol–water partition coefficient (Wildman–Crippen LogP) is 3.50. The van der Waals surface area contributed by atoms with E-state index in [1.165, 1.54) is 16.7 Å². The van der Waals surface area contributed by atoms with Crippen LogP contribution in [0.5, 0.6) is 5.75 Å². The Kier molecular flexibility index (Phi) is 4.46. The zero-order valence-electron chi connectivity index (χ0n) is 12.4. The van der Waals surface area contributed by atoms with Crippen molar-refractivity contribution in [2.45, 2.75) is 25.7 Å². The van der Waals surface area contributed by atoms with Crippen LogP contribution in [0.15, 0.2) is 48.5 Å². The van der Waals surface area contributed by atoms with Crippen LogP contribution in [-0.4, -0.2) is 18.8 Å². The monoisotopic (exact) mass is 270 g/mol. The third-order valence-corrected chi connectivity index (χ3v) is 3.90. The van der Waals surface area contributed by atoms with Gasteiger partial charge in [0.25, 0.3) is 0 Å². The molecule has 0 spiro atoms. The van der Waals surface area contributed by atoms with Crippen LogP contribution in [0.25, 0.3) is 0 Å². The van der Waals surface area contributed by atoms with Crippen LogP contribution in [-0.2, 0) is 11.8 Å². The minimum absolute atomic E-state index is 0.129. The summed E-state index contributed by atoms with van der Waals surface area (Å²) >= 11 is 0. The zero-order valence-corrected chi connectivity index (χ0v) is 12.4. The average Bonchev–Trinajstić information content (AvgIpc) is 2.48. The molecule has 2 rings (SSSR count). The SMILES string of the molecule is COc1ccc(CC(C)(CO)c2ccccc2C)cc1. The molecule has 0 amide bonds. The van der Waals surface area contributed by atoms with Crippen LogP contribution in [0.4, 0.5) is 0 Å². The minimum Gasteiger partial charge on any atom is -0.497 e. The number of aliphatic hydroxyl groups is 1. The molecule has 2 heteroatoms. The number of ether oxygens (including phenoxy) is 1. The van der Waals surface area contributed by atoms with Crippen molar-refractivity contribution >= 4 is 0 Å². The highest BCUT2D eigenvalue weighted by Gasteiger charge is 2.27. The third kappa shape index (κ3) is 3.02. The van der Waals surface area contributed by atoms with Crippen molar-refractivity contribution in [3.8, 4) is 5.75 Å². The van der Waals surface area contributed by atoms with Gasteiger partial charge in [-0.2, -0.15) is 0 Å². The number of rotatable bonds is 5. The first-order valence-corrected chi connectivity index (χ1v) is 6.89. The zero-order chi connectivity index (χ0) is 14.6. The first-order chi connectivity index (χ1) is 9.59. The molecule has 2 aromatic rings. The maximum Gasteiger partial charge on any atom is 0.118 e. The smallest absolute Gasteiger partial charge is 0.118 e. The molecule has 0 aliphatic rings. The molecule has 0 aliphatic carbocycles. The van der Waals surface area contributed by atoms with E-state index in [0.717, 1.165) is 12.2 Å². The standard InChI is InChI=1S/C18H22O2/c1-14-6-4-5-7-17(14)18(2,13-19)12-15-8-10-16(20-3)11-9-15/h4-11,19H,12-13H2,1-3H3. The van der Waals surface area contributed by atoms with E-state index in [2.05, 4.69) is 38.1 Å². The number of hydrogen-bond donors (Lipinski definition) is 1. The fourth-order valence-corrected chi connectivity index (χ4v) is 2.68. The average molecular weight is 270 g/mol. The molecule has 1 N–H and O–H groups in total. The molecular weight excluding hydrogens is 248 g/mol. The molecule has 0 saturated heterocycles. The highest BCUT2D eigenvalue weighted by atomic mass is 16.5. The van der Waals surface area contributed by atoms with Gasteiger partial charge in [0.2, 0.25) is 0 Å². The summed E-state index contributed by atoms with van der Waals surface area (Å²) in [5.74, 6) is 0.857. The molecule has 2 nitrogen and oxygen atoms in total.